The Morgan fingerprint density at radius 2 is 1.72 bits per heavy atom. The Morgan fingerprint density at radius 1 is 0.974 bits per heavy atom. The number of aliphatic imine (C=N–C) groups is 1. The van der Waals surface area contributed by atoms with Gasteiger partial charge < -0.3 is 10.1 Å². The zero-order chi connectivity index (χ0) is 27.2. The molecule has 5 rings (SSSR count). The number of amides is 2. The number of amidine groups is 1. The fourth-order valence-electron chi connectivity index (χ4n) is 5.65. The SMILES string of the molecule is CC(C)Oc1cccc(CN2CCC3(CC2)C(NCCCc2ccccc2)=NC(=O)N3c2cccc(F)c2)c1. The van der Waals surface area contributed by atoms with E-state index in [0.717, 1.165) is 38.2 Å². The number of hydrogen-bond donors (Lipinski definition) is 1. The molecular weight excluding hydrogens is 491 g/mol. The van der Waals surface area contributed by atoms with E-state index >= 15 is 0 Å². The van der Waals surface area contributed by atoms with Crippen LogP contribution in [-0.4, -0.2) is 48.0 Å². The third-order valence-corrected chi connectivity index (χ3v) is 7.47. The van der Waals surface area contributed by atoms with Gasteiger partial charge in [-0.2, -0.15) is 4.99 Å². The molecule has 2 aliphatic heterocycles. The summed E-state index contributed by atoms with van der Waals surface area (Å²) in [5.74, 6) is 1.22. The Hall–Kier alpha value is -3.71. The van der Waals surface area contributed by atoms with Gasteiger partial charge in [0.25, 0.3) is 0 Å². The second-order valence-electron chi connectivity index (χ2n) is 10.7. The van der Waals surface area contributed by atoms with Gasteiger partial charge in [0.2, 0.25) is 0 Å². The van der Waals surface area contributed by atoms with Crippen LogP contribution in [0, 0.1) is 5.82 Å². The van der Waals surface area contributed by atoms with Crippen molar-refractivity contribution in [1.29, 1.82) is 0 Å². The highest BCUT2D eigenvalue weighted by atomic mass is 19.1. The Bertz CT molecular complexity index is 1300. The van der Waals surface area contributed by atoms with Gasteiger partial charge in [0, 0.05) is 31.9 Å². The normalized spacial score (nSPS) is 17.1. The van der Waals surface area contributed by atoms with Gasteiger partial charge >= 0.3 is 6.03 Å². The van der Waals surface area contributed by atoms with E-state index < -0.39 is 5.54 Å². The quantitative estimate of drug-likeness (QED) is 0.336. The predicted molar refractivity (Wildman–Crippen MR) is 154 cm³/mol. The Kier molecular flexibility index (Phi) is 8.27. The number of anilines is 1. The lowest BCUT2D eigenvalue weighted by atomic mass is 9.84. The molecule has 7 heteroatoms. The van der Waals surface area contributed by atoms with Crippen LogP contribution in [0.15, 0.2) is 83.9 Å². The first-order valence-electron chi connectivity index (χ1n) is 13.9. The van der Waals surface area contributed by atoms with Gasteiger partial charge in [-0.25, -0.2) is 9.18 Å². The number of benzene rings is 3. The minimum Gasteiger partial charge on any atom is -0.491 e. The largest absolute Gasteiger partial charge is 0.491 e. The first kappa shape index (κ1) is 26.9. The molecule has 204 valence electrons. The highest BCUT2D eigenvalue weighted by Gasteiger charge is 2.51. The van der Waals surface area contributed by atoms with Gasteiger partial charge in [-0.1, -0.05) is 48.5 Å². The standard InChI is InChI=1S/C32H37FN4O2/c1-24(2)39-29-15-6-11-26(21-29)23-36-19-16-32(17-20-36)30(34-18-8-12-25-9-4-3-5-10-25)35-31(38)37(32)28-14-7-13-27(33)22-28/h3-7,9-11,13-15,21-22,24H,8,12,16-20,23H2,1-2H3,(H,34,35,38). The van der Waals surface area contributed by atoms with E-state index in [1.54, 1.807) is 17.0 Å². The molecule has 0 unspecified atom stereocenters. The summed E-state index contributed by atoms with van der Waals surface area (Å²) in [6.45, 7) is 7.15. The summed E-state index contributed by atoms with van der Waals surface area (Å²) in [5.41, 5.74) is 2.42. The molecule has 39 heavy (non-hydrogen) atoms. The highest BCUT2D eigenvalue weighted by molar-refractivity contribution is 6.16. The maximum absolute atomic E-state index is 14.2. The first-order valence-corrected chi connectivity index (χ1v) is 13.9. The molecule has 1 fully saturated rings. The number of likely N-dealkylation sites (tertiary alicyclic amines) is 1. The number of ether oxygens (including phenoxy) is 1. The zero-order valence-corrected chi connectivity index (χ0v) is 22.8. The van der Waals surface area contributed by atoms with Crippen molar-refractivity contribution < 1.29 is 13.9 Å². The van der Waals surface area contributed by atoms with Crippen LogP contribution in [0.3, 0.4) is 0 Å². The Labute approximate surface area is 230 Å². The molecule has 0 bridgehead atoms. The van der Waals surface area contributed by atoms with Crippen molar-refractivity contribution in [3.05, 3.63) is 95.8 Å². The lowest BCUT2D eigenvalue weighted by Gasteiger charge is -2.45. The lowest BCUT2D eigenvalue weighted by Crippen LogP contribution is -2.61. The second kappa shape index (κ2) is 12.0. The monoisotopic (exact) mass is 528 g/mol. The van der Waals surface area contributed by atoms with Crippen molar-refractivity contribution in [2.75, 3.05) is 24.5 Å². The van der Waals surface area contributed by atoms with Gasteiger partial charge in [0.05, 0.1) is 6.10 Å². The number of aryl methyl sites for hydroxylation is 1. The Balaban J connectivity index is 1.30. The average molecular weight is 529 g/mol. The summed E-state index contributed by atoms with van der Waals surface area (Å²) in [5, 5.41) is 3.51. The third-order valence-electron chi connectivity index (χ3n) is 7.47. The van der Waals surface area contributed by atoms with Crippen molar-refractivity contribution in [1.82, 2.24) is 10.2 Å². The molecule has 0 atom stereocenters. The van der Waals surface area contributed by atoms with E-state index in [-0.39, 0.29) is 18.0 Å². The molecule has 0 radical (unpaired) electrons. The van der Waals surface area contributed by atoms with Gasteiger partial charge in [-0.3, -0.25) is 9.80 Å². The van der Waals surface area contributed by atoms with Crippen molar-refractivity contribution >= 4 is 17.6 Å². The zero-order valence-electron chi connectivity index (χ0n) is 22.8. The first-order chi connectivity index (χ1) is 18.9. The molecule has 6 nitrogen and oxygen atoms in total. The smallest absolute Gasteiger partial charge is 0.350 e. The highest BCUT2D eigenvalue weighted by Crippen LogP contribution is 2.39. The van der Waals surface area contributed by atoms with Crippen molar-refractivity contribution in [3.8, 4) is 5.75 Å². The van der Waals surface area contributed by atoms with Crippen LogP contribution in [0.25, 0.3) is 0 Å². The maximum atomic E-state index is 14.2. The number of nitrogens with one attached hydrogen (secondary N) is 1. The van der Waals surface area contributed by atoms with E-state index in [9.17, 15) is 9.18 Å². The van der Waals surface area contributed by atoms with E-state index in [1.165, 1.54) is 23.3 Å². The minimum absolute atomic E-state index is 0.127. The molecule has 1 saturated heterocycles. The lowest BCUT2D eigenvalue weighted by molar-refractivity contribution is 0.182. The number of piperidine rings is 1. The molecule has 0 aromatic heterocycles. The number of rotatable bonds is 9. The minimum atomic E-state index is -0.614. The van der Waals surface area contributed by atoms with Crippen molar-refractivity contribution in [3.63, 3.8) is 0 Å². The van der Waals surface area contributed by atoms with E-state index in [4.69, 9.17) is 4.74 Å². The number of carbonyl (C=O) groups excluding carboxylic acids is 1. The number of urea groups is 1. The fraction of sp³-hybridized carbons (Fsp3) is 0.375. The molecule has 2 aliphatic rings. The Morgan fingerprint density at radius 3 is 2.46 bits per heavy atom. The molecule has 1 spiro atoms. The average Bonchev–Trinajstić information content (AvgIpc) is 3.18. The molecule has 2 amide bonds. The van der Waals surface area contributed by atoms with Gasteiger partial charge in [-0.05, 0) is 81.0 Å². The third kappa shape index (κ3) is 6.31. The van der Waals surface area contributed by atoms with Crippen molar-refractivity contribution in [2.24, 2.45) is 4.99 Å². The second-order valence-corrected chi connectivity index (χ2v) is 10.7. The van der Waals surface area contributed by atoms with Crippen LogP contribution in [0.5, 0.6) is 5.75 Å². The topological polar surface area (TPSA) is 57.2 Å². The van der Waals surface area contributed by atoms with Crippen molar-refractivity contribution in [2.45, 2.75) is 57.7 Å². The van der Waals surface area contributed by atoms with Crippen LogP contribution < -0.4 is 15.0 Å². The van der Waals surface area contributed by atoms with Crippen LogP contribution in [0.4, 0.5) is 14.9 Å². The number of carbonyl (C=O) groups is 1. The number of nitrogens with zero attached hydrogens (tertiary/aromatic N) is 3. The predicted octanol–water partition coefficient (Wildman–Crippen LogP) is 6.21. The number of halogens is 1. The molecule has 0 saturated carbocycles. The van der Waals surface area contributed by atoms with E-state index in [2.05, 4.69) is 51.6 Å². The summed E-state index contributed by atoms with van der Waals surface area (Å²) >= 11 is 0. The molecule has 0 aliphatic carbocycles. The fourth-order valence-corrected chi connectivity index (χ4v) is 5.65. The van der Waals surface area contributed by atoms with Crippen LogP contribution in [-0.2, 0) is 13.0 Å². The van der Waals surface area contributed by atoms with Gasteiger partial charge in [0.15, 0.2) is 0 Å². The maximum Gasteiger partial charge on any atom is 0.350 e. The van der Waals surface area contributed by atoms with Crippen LogP contribution in [0.1, 0.15) is 44.2 Å². The van der Waals surface area contributed by atoms with Gasteiger partial charge in [0.1, 0.15) is 22.9 Å². The summed E-state index contributed by atoms with van der Waals surface area (Å²) in [7, 11) is 0. The van der Waals surface area contributed by atoms with Crippen LogP contribution >= 0.6 is 0 Å². The summed E-state index contributed by atoms with van der Waals surface area (Å²) < 4.78 is 20.1. The number of hydrogen-bond acceptors (Lipinski definition) is 4. The molecule has 2 heterocycles. The van der Waals surface area contributed by atoms with Crippen LogP contribution in [0.2, 0.25) is 0 Å². The summed E-state index contributed by atoms with van der Waals surface area (Å²) in [6.07, 6.45) is 3.42. The molecule has 1 N–H and O–H groups in total. The van der Waals surface area contributed by atoms with Gasteiger partial charge in [-0.15, -0.1) is 0 Å². The summed E-state index contributed by atoms with van der Waals surface area (Å²) in [6, 6.07) is 24.6. The molecule has 3 aromatic rings. The molecular formula is C32H37FN4O2. The summed E-state index contributed by atoms with van der Waals surface area (Å²) in [4.78, 5) is 21.9. The van der Waals surface area contributed by atoms with E-state index in [1.807, 2.05) is 32.0 Å². The van der Waals surface area contributed by atoms with E-state index in [0.29, 0.717) is 30.9 Å². The molecule has 3 aromatic carbocycles.